The third-order valence-electron chi connectivity index (χ3n) is 3.99. The van der Waals surface area contributed by atoms with Gasteiger partial charge in [-0.2, -0.15) is 0 Å². The van der Waals surface area contributed by atoms with Crippen molar-refractivity contribution in [1.82, 2.24) is 0 Å². The van der Waals surface area contributed by atoms with E-state index in [0.717, 1.165) is 17.7 Å². The van der Waals surface area contributed by atoms with Gasteiger partial charge in [0.2, 0.25) is 0 Å². The standard InChI is InChI=1S/C18H20O2/c1-18(19,16-8-3-2-4-9-16)13-20-17-11-10-14-6-5-7-15(14)12-17/h2-4,8-12,19H,5-7,13H2,1H3. The van der Waals surface area contributed by atoms with Gasteiger partial charge in [0.05, 0.1) is 0 Å². The normalized spacial score (nSPS) is 16.5. The quantitative estimate of drug-likeness (QED) is 0.920. The van der Waals surface area contributed by atoms with Gasteiger partial charge in [0, 0.05) is 0 Å². The Bertz CT molecular complexity index is 588. The summed E-state index contributed by atoms with van der Waals surface area (Å²) < 4.78 is 5.80. The van der Waals surface area contributed by atoms with E-state index in [1.54, 1.807) is 6.92 Å². The van der Waals surface area contributed by atoms with Gasteiger partial charge in [-0.15, -0.1) is 0 Å². The second-order valence-electron chi connectivity index (χ2n) is 5.71. The highest BCUT2D eigenvalue weighted by Gasteiger charge is 2.24. The van der Waals surface area contributed by atoms with Crippen molar-refractivity contribution >= 4 is 0 Å². The minimum absolute atomic E-state index is 0.260. The Balaban J connectivity index is 1.70. The van der Waals surface area contributed by atoms with Crippen LogP contribution in [0.3, 0.4) is 0 Å². The number of hydrogen-bond donors (Lipinski definition) is 1. The molecule has 1 atom stereocenters. The molecule has 0 aliphatic heterocycles. The molecule has 20 heavy (non-hydrogen) atoms. The third-order valence-corrected chi connectivity index (χ3v) is 3.99. The lowest BCUT2D eigenvalue weighted by Crippen LogP contribution is -2.29. The number of hydrogen-bond acceptors (Lipinski definition) is 2. The topological polar surface area (TPSA) is 29.5 Å². The van der Waals surface area contributed by atoms with E-state index >= 15 is 0 Å². The van der Waals surface area contributed by atoms with E-state index in [1.807, 2.05) is 36.4 Å². The van der Waals surface area contributed by atoms with Crippen molar-refractivity contribution in [3.05, 3.63) is 65.2 Å². The van der Waals surface area contributed by atoms with E-state index < -0.39 is 5.60 Å². The minimum Gasteiger partial charge on any atom is -0.490 e. The molecule has 0 aromatic heterocycles. The van der Waals surface area contributed by atoms with Crippen LogP contribution in [0.2, 0.25) is 0 Å². The maximum atomic E-state index is 10.5. The fourth-order valence-corrected chi connectivity index (χ4v) is 2.74. The molecule has 1 aliphatic carbocycles. The van der Waals surface area contributed by atoms with Crippen LogP contribution >= 0.6 is 0 Å². The van der Waals surface area contributed by atoms with E-state index in [9.17, 15) is 5.11 Å². The summed E-state index contributed by atoms with van der Waals surface area (Å²) >= 11 is 0. The summed E-state index contributed by atoms with van der Waals surface area (Å²) in [4.78, 5) is 0. The van der Waals surface area contributed by atoms with Gasteiger partial charge in [0.15, 0.2) is 0 Å². The number of rotatable bonds is 4. The fourth-order valence-electron chi connectivity index (χ4n) is 2.74. The van der Waals surface area contributed by atoms with Crippen molar-refractivity contribution in [2.45, 2.75) is 31.8 Å². The van der Waals surface area contributed by atoms with Gasteiger partial charge in [-0.05, 0) is 55.0 Å². The van der Waals surface area contributed by atoms with Crippen LogP contribution in [0.4, 0.5) is 0 Å². The first-order valence-corrected chi connectivity index (χ1v) is 7.18. The summed E-state index contributed by atoms with van der Waals surface area (Å²) in [5.41, 5.74) is 2.73. The van der Waals surface area contributed by atoms with Crippen LogP contribution in [0.1, 0.15) is 30.0 Å². The lowest BCUT2D eigenvalue weighted by atomic mass is 9.97. The molecule has 0 amide bonds. The Morgan fingerprint density at radius 2 is 1.80 bits per heavy atom. The van der Waals surface area contributed by atoms with Crippen molar-refractivity contribution in [3.8, 4) is 5.75 Å². The molecule has 1 N–H and O–H groups in total. The number of aryl methyl sites for hydroxylation is 2. The van der Waals surface area contributed by atoms with Crippen LogP contribution in [0.15, 0.2) is 48.5 Å². The molecule has 1 aliphatic rings. The largest absolute Gasteiger partial charge is 0.490 e. The summed E-state index contributed by atoms with van der Waals surface area (Å²) in [6, 6.07) is 15.9. The van der Waals surface area contributed by atoms with Gasteiger partial charge in [0.25, 0.3) is 0 Å². The van der Waals surface area contributed by atoms with Crippen molar-refractivity contribution in [3.63, 3.8) is 0 Å². The lowest BCUT2D eigenvalue weighted by molar-refractivity contribution is 0.00758. The van der Waals surface area contributed by atoms with E-state index in [0.29, 0.717) is 0 Å². The van der Waals surface area contributed by atoms with Gasteiger partial charge in [-0.1, -0.05) is 36.4 Å². The molecular formula is C18H20O2. The molecule has 2 aromatic rings. The molecule has 0 saturated heterocycles. The maximum Gasteiger partial charge on any atom is 0.121 e. The molecule has 2 aromatic carbocycles. The molecule has 3 rings (SSSR count). The number of fused-ring (bicyclic) bond motifs is 1. The summed E-state index contributed by atoms with van der Waals surface area (Å²) in [7, 11) is 0. The van der Waals surface area contributed by atoms with E-state index in [-0.39, 0.29) is 6.61 Å². The van der Waals surface area contributed by atoms with Crippen LogP contribution in [0.25, 0.3) is 0 Å². The first-order valence-electron chi connectivity index (χ1n) is 7.18. The molecule has 2 heteroatoms. The molecule has 0 heterocycles. The number of benzene rings is 2. The molecule has 2 nitrogen and oxygen atoms in total. The van der Waals surface area contributed by atoms with E-state index in [1.165, 1.54) is 24.0 Å². The second kappa shape index (κ2) is 5.29. The average Bonchev–Trinajstić information content (AvgIpc) is 2.94. The lowest BCUT2D eigenvalue weighted by Gasteiger charge is -2.24. The highest BCUT2D eigenvalue weighted by atomic mass is 16.5. The average molecular weight is 268 g/mol. The van der Waals surface area contributed by atoms with Crippen molar-refractivity contribution in [2.75, 3.05) is 6.61 Å². The molecular weight excluding hydrogens is 248 g/mol. The maximum absolute atomic E-state index is 10.5. The summed E-state index contributed by atoms with van der Waals surface area (Å²) in [6.07, 6.45) is 3.56. The zero-order valence-corrected chi connectivity index (χ0v) is 11.8. The molecule has 104 valence electrons. The molecule has 1 unspecified atom stereocenters. The van der Waals surface area contributed by atoms with Gasteiger partial charge in [-0.3, -0.25) is 0 Å². The fraction of sp³-hybridized carbons (Fsp3) is 0.333. The highest BCUT2D eigenvalue weighted by Crippen LogP contribution is 2.27. The number of aliphatic hydroxyl groups is 1. The van der Waals surface area contributed by atoms with Crippen LogP contribution in [-0.2, 0) is 18.4 Å². The van der Waals surface area contributed by atoms with E-state index in [4.69, 9.17) is 4.74 Å². The van der Waals surface area contributed by atoms with Crippen LogP contribution in [0.5, 0.6) is 5.75 Å². The Morgan fingerprint density at radius 1 is 1.05 bits per heavy atom. The van der Waals surface area contributed by atoms with Gasteiger partial charge >= 0.3 is 0 Å². The zero-order valence-electron chi connectivity index (χ0n) is 11.8. The molecule has 0 fully saturated rings. The van der Waals surface area contributed by atoms with Crippen LogP contribution in [-0.4, -0.2) is 11.7 Å². The summed E-state index contributed by atoms with van der Waals surface area (Å²) in [5, 5.41) is 10.5. The Kier molecular flexibility index (Phi) is 3.49. The molecule has 0 bridgehead atoms. The third kappa shape index (κ3) is 2.70. The minimum atomic E-state index is -0.972. The molecule has 0 saturated carbocycles. The summed E-state index contributed by atoms with van der Waals surface area (Å²) in [5.74, 6) is 0.849. The Labute approximate surface area is 120 Å². The van der Waals surface area contributed by atoms with E-state index in [2.05, 4.69) is 12.1 Å². The van der Waals surface area contributed by atoms with Crippen molar-refractivity contribution in [2.24, 2.45) is 0 Å². The highest BCUT2D eigenvalue weighted by molar-refractivity contribution is 5.38. The van der Waals surface area contributed by atoms with Crippen LogP contribution in [0, 0.1) is 0 Å². The van der Waals surface area contributed by atoms with Crippen molar-refractivity contribution < 1.29 is 9.84 Å². The first kappa shape index (κ1) is 13.2. The molecule has 0 radical (unpaired) electrons. The van der Waals surface area contributed by atoms with Gasteiger partial charge in [-0.25, -0.2) is 0 Å². The Morgan fingerprint density at radius 3 is 2.60 bits per heavy atom. The van der Waals surface area contributed by atoms with Gasteiger partial charge < -0.3 is 9.84 Å². The zero-order chi connectivity index (χ0) is 14.0. The summed E-state index contributed by atoms with van der Waals surface area (Å²) in [6.45, 7) is 2.05. The Hall–Kier alpha value is -1.80. The first-order chi connectivity index (χ1) is 9.65. The SMILES string of the molecule is CC(O)(COc1ccc2c(c1)CCC2)c1ccccc1. The monoisotopic (exact) mass is 268 g/mol. The number of ether oxygens (including phenoxy) is 1. The van der Waals surface area contributed by atoms with Crippen LogP contribution < -0.4 is 4.74 Å². The van der Waals surface area contributed by atoms with Gasteiger partial charge in [0.1, 0.15) is 18.0 Å². The predicted octanol–water partition coefficient (Wildman–Crippen LogP) is 3.46. The van der Waals surface area contributed by atoms with Crippen molar-refractivity contribution in [1.29, 1.82) is 0 Å². The second-order valence-corrected chi connectivity index (χ2v) is 5.71. The smallest absolute Gasteiger partial charge is 0.121 e. The predicted molar refractivity (Wildman–Crippen MR) is 80.0 cm³/mol. The molecule has 0 spiro atoms.